The molecule has 0 aromatic rings. The van der Waals surface area contributed by atoms with Crippen molar-refractivity contribution in [2.24, 2.45) is 5.73 Å². The van der Waals surface area contributed by atoms with Crippen LogP contribution in [0.3, 0.4) is 0 Å². The minimum atomic E-state index is 0.108. The first kappa shape index (κ1) is 11.5. The summed E-state index contributed by atoms with van der Waals surface area (Å²) in [5.74, 6) is 0.236. The summed E-state index contributed by atoms with van der Waals surface area (Å²) < 4.78 is 0. The number of amides is 1. The van der Waals surface area contributed by atoms with E-state index < -0.39 is 0 Å². The number of nitrogens with zero attached hydrogens (tertiary/aromatic N) is 2. The zero-order valence-corrected chi connectivity index (χ0v) is 9.20. The van der Waals surface area contributed by atoms with Crippen molar-refractivity contribution in [3.05, 3.63) is 0 Å². The van der Waals surface area contributed by atoms with Crippen molar-refractivity contribution >= 4 is 5.91 Å². The molecule has 1 heterocycles. The monoisotopic (exact) mass is 199 g/mol. The molecule has 0 aromatic heterocycles. The normalized spacial score (nSPS) is 22.6. The van der Waals surface area contributed by atoms with Gasteiger partial charge < -0.3 is 10.6 Å². The second kappa shape index (κ2) is 5.32. The van der Waals surface area contributed by atoms with E-state index >= 15 is 0 Å². The molecule has 1 amide bonds. The average molecular weight is 199 g/mol. The molecule has 1 rings (SSSR count). The summed E-state index contributed by atoms with van der Waals surface area (Å²) in [5.41, 5.74) is 5.47. The van der Waals surface area contributed by atoms with Crippen molar-refractivity contribution in [3.63, 3.8) is 0 Å². The molecule has 2 N–H and O–H groups in total. The van der Waals surface area contributed by atoms with E-state index in [0.29, 0.717) is 6.54 Å². The number of rotatable bonds is 4. The molecule has 0 unspecified atom stereocenters. The molecule has 82 valence electrons. The molecule has 0 spiro atoms. The number of carbonyl (C=O) groups excluding carboxylic acids is 1. The first-order valence-corrected chi connectivity index (χ1v) is 5.32. The first-order valence-electron chi connectivity index (χ1n) is 5.32. The summed E-state index contributed by atoms with van der Waals surface area (Å²) in [6, 6.07) is 0.108. The van der Waals surface area contributed by atoms with Crippen molar-refractivity contribution in [1.82, 2.24) is 9.80 Å². The summed E-state index contributed by atoms with van der Waals surface area (Å²) in [7, 11) is 3.64. The van der Waals surface area contributed by atoms with Crippen LogP contribution in [0.5, 0.6) is 0 Å². The Labute approximate surface area is 86.0 Å². The fourth-order valence-corrected chi connectivity index (χ4v) is 1.97. The Morgan fingerprint density at radius 2 is 2.29 bits per heavy atom. The minimum Gasteiger partial charge on any atom is -0.347 e. The van der Waals surface area contributed by atoms with Gasteiger partial charge >= 0.3 is 0 Å². The van der Waals surface area contributed by atoms with Gasteiger partial charge in [0.25, 0.3) is 0 Å². The van der Waals surface area contributed by atoms with E-state index in [9.17, 15) is 4.79 Å². The number of hydrogen-bond donors (Lipinski definition) is 1. The average Bonchev–Trinajstić information content (AvgIpc) is 2.61. The van der Waals surface area contributed by atoms with Gasteiger partial charge in [-0.1, -0.05) is 0 Å². The Balaban J connectivity index is 2.46. The van der Waals surface area contributed by atoms with Gasteiger partial charge in [0.1, 0.15) is 0 Å². The standard InChI is InChI=1S/C10H21N3O/c1-12(2)10(14)9-5-3-7-13(9)8-4-6-11/h9H,3-8,11H2,1-2H3/t9-/m1/s1. The SMILES string of the molecule is CN(C)C(=O)[C@H]1CCCN1CCCN. The van der Waals surface area contributed by atoms with Crippen LogP contribution in [0.1, 0.15) is 19.3 Å². The summed E-state index contributed by atoms with van der Waals surface area (Å²) in [6.07, 6.45) is 3.12. The highest BCUT2D eigenvalue weighted by Gasteiger charge is 2.30. The van der Waals surface area contributed by atoms with Gasteiger partial charge in [0.15, 0.2) is 0 Å². The van der Waals surface area contributed by atoms with E-state index in [4.69, 9.17) is 5.73 Å². The maximum Gasteiger partial charge on any atom is 0.239 e. The van der Waals surface area contributed by atoms with Gasteiger partial charge in [0, 0.05) is 20.6 Å². The van der Waals surface area contributed by atoms with Gasteiger partial charge in [-0.3, -0.25) is 9.69 Å². The highest BCUT2D eigenvalue weighted by atomic mass is 16.2. The van der Waals surface area contributed by atoms with Gasteiger partial charge in [-0.05, 0) is 32.4 Å². The van der Waals surface area contributed by atoms with Gasteiger partial charge in [-0.25, -0.2) is 0 Å². The molecule has 1 aliphatic rings. The van der Waals surface area contributed by atoms with Crippen LogP contribution in [0.15, 0.2) is 0 Å². The van der Waals surface area contributed by atoms with Crippen molar-refractivity contribution in [1.29, 1.82) is 0 Å². The number of likely N-dealkylation sites (tertiary alicyclic amines) is 1. The lowest BCUT2D eigenvalue weighted by molar-refractivity contribution is -0.133. The zero-order valence-electron chi connectivity index (χ0n) is 9.20. The van der Waals surface area contributed by atoms with Crippen molar-refractivity contribution in [3.8, 4) is 0 Å². The molecule has 0 saturated carbocycles. The number of nitrogens with two attached hydrogens (primary N) is 1. The Bertz CT molecular complexity index is 194. The third-order valence-corrected chi connectivity index (χ3v) is 2.74. The predicted molar refractivity (Wildman–Crippen MR) is 57.0 cm³/mol. The number of hydrogen-bond acceptors (Lipinski definition) is 3. The Morgan fingerprint density at radius 3 is 2.86 bits per heavy atom. The smallest absolute Gasteiger partial charge is 0.239 e. The first-order chi connectivity index (χ1) is 6.66. The van der Waals surface area contributed by atoms with Crippen LogP contribution >= 0.6 is 0 Å². The van der Waals surface area contributed by atoms with Crippen molar-refractivity contribution in [2.75, 3.05) is 33.7 Å². The van der Waals surface area contributed by atoms with Crippen LogP contribution in [0.4, 0.5) is 0 Å². The molecule has 1 saturated heterocycles. The maximum absolute atomic E-state index is 11.8. The molecular weight excluding hydrogens is 178 g/mol. The van der Waals surface area contributed by atoms with E-state index in [-0.39, 0.29) is 11.9 Å². The summed E-state index contributed by atoms with van der Waals surface area (Å²) >= 11 is 0. The van der Waals surface area contributed by atoms with Gasteiger partial charge in [-0.15, -0.1) is 0 Å². The highest BCUT2D eigenvalue weighted by molar-refractivity contribution is 5.81. The lowest BCUT2D eigenvalue weighted by Crippen LogP contribution is -2.43. The molecule has 1 fully saturated rings. The van der Waals surface area contributed by atoms with Gasteiger partial charge in [0.2, 0.25) is 5.91 Å². The molecule has 1 aliphatic heterocycles. The van der Waals surface area contributed by atoms with Crippen molar-refractivity contribution < 1.29 is 4.79 Å². The maximum atomic E-state index is 11.8. The minimum absolute atomic E-state index is 0.108. The molecule has 0 bridgehead atoms. The van der Waals surface area contributed by atoms with E-state index in [0.717, 1.165) is 32.4 Å². The van der Waals surface area contributed by atoms with Crippen LogP contribution in [0.25, 0.3) is 0 Å². The van der Waals surface area contributed by atoms with E-state index in [1.165, 1.54) is 0 Å². The summed E-state index contributed by atoms with van der Waals surface area (Å²) in [6.45, 7) is 2.71. The third-order valence-electron chi connectivity index (χ3n) is 2.74. The number of likely N-dealkylation sites (N-methyl/N-ethyl adjacent to an activating group) is 1. The predicted octanol–water partition coefficient (Wildman–Crippen LogP) is -0.112. The quantitative estimate of drug-likeness (QED) is 0.687. The third kappa shape index (κ3) is 2.69. The summed E-state index contributed by atoms with van der Waals surface area (Å²) in [5, 5.41) is 0. The Hall–Kier alpha value is -0.610. The summed E-state index contributed by atoms with van der Waals surface area (Å²) in [4.78, 5) is 15.7. The number of carbonyl (C=O) groups is 1. The highest BCUT2D eigenvalue weighted by Crippen LogP contribution is 2.18. The van der Waals surface area contributed by atoms with Crippen LogP contribution in [0, 0.1) is 0 Å². The second-order valence-electron chi connectivity index (χ2n) is 4.07. The molecule has 0 radical (unpaired) electrons. The van der Waals surface area contributed by atoms with Crippen LogP contribution in [0.2, 0.25) is 0 Å². The fraction of sp³-hybridized carbons (Fsp3) is 0.900. The zero-order chi connectivity index (χ0) is 10.6. The topological polar surface area (TPSA) is 49.6 Å². The fourth-order valence-electron chi connectivity index (χ4n) is 1.97. The van der Waals surface area contributed by atoms with Gasteiger partial charge in [0.05, 0.1) is 6.04 Å². The molecular formula is C10H21N3O. The van der Waals surface area contributed by atoms with Gasteiger partial charge in [-0.2, -0.15) is 0 Å². The largest absolute Gasteiger partial charge is 0.347 e. The Kier molecular flexibility index (Phi) is 4.35. The van der Waals surface area contributed by atoms with E-state index in [1.54, 1.807) is 4.90 Å². The molecule has 4 nitrogen and oxygen atoms in total. The van der Waals surface area contributed by atoms with E-state index in [1.807, 2.05) is 14.1 Å². The van der Waals surface area contributed by atoms with Crippen molar-refractivity contribution in [2.45, 2.75) is 25.3 Å². The molecule has 1 atom stereocenters. The van der Waals surface area contributed by atoms with Crippen LogP contribution < -0.4 is 5.73 Å². The van der Waals surface area contributed by atoms with Crippen LogP contribution in [-0.4, -0.2) is 55.5 Å². The van der Waals surface area contributed by atoms with Crippen LogP contribution in [-0.2, 0) is 4.79 Å². The Morgan fingerprint density at radius 1 is 1.57 bits per heavy atom. The molecule has 4 heteroatoms. The van der Waals surface area contributed by atoms with E-state index in [2.05, 4.69) is 4.90 Å². The molecule has 0 aliphatic carbocycles. The molecule has 14 heavy (non-hydrogen) atoms. The molecule has 0 aromatic carbocycles. The lowest BCUT2D eigenvalue weighted by atomic mass is 10.2. The lowest BCUT2D eigenvalue weighted by Gasteiger charge is -2.25. The second-order valence-corrected chi connectivity index (χ2v) is 4.07.